The molecule has 0 unspecified atom stereocenters. The second-order valence-electron chi connectivity index (χ2n) is 5.86. The molecule has 0 amide bonds. The molecule has 0 N–H and O–H groups in total. The number of halogens is 1. The predicted molar refractivity (Wildman–Crippen MR) is 106 cm³/mol. The Morgan fingerprint density at radius 3 is 2.65 bits per heavy atom. The van der Waals surface area contributed by atoms with Gasteiger partial charge in [-0.1, -0.05) is 11.6 Å². The summed E-state index contributed by atoms with van der Waals surface area (Å²) in [6.45, 7) is 0. The van der Waals surface area contributed by atoms with E-state index in [1.54, 1.807) is 25.6 Å². The average Bonchev–Trinajstić information content (AvgIpc) is 3.30. The molecular formula is C20H17ClN2O2S. The van der Waals surface area contributed by atoms with Crippen LogP contribution in [0.4, 0.5) is 0 Å². The van der Waals surface area contributed by atoms with E-state index >= 15 is 0 Å². The lowest BCUT2D eigenvalue weighted by Gasteiger charge is -2.10. The van der Waals surface area contributed by atoms with Crippen LogP contribution >= 0.6 is 22.9 Å². The van der Waals surface area contributed by atoms with E-state index in [9.17, 15) is 0 Å². The zero-order chi connectivity index (χ0) is 18.1. The Morgan fingerprint density at radius 2 is 1.92 bits per heavy atom. The summed E-state index contributed by atoms with van der Waals surface area (Å²) in [7, 11) is 3.27. The third-order valence-electron chi connectivity index (χ3n) is 4.29. The first-order valence-corrected chi connectivity index (χ1v) is 9.41. The van der Waals surface area contributed by atoms with E-state index in [-0.39, 0.29) is 0 Å². The molecule has 0 fully saturated rings. The molecule has 0 aliphatic heterocycles. The highest BCUT2D eigenvalue weighted by atomic mass is 35.5. The van der Waals surface area contributed by atoms with Crippen LogP contribution in [0.25, 0.3) is 16.9 Å². The number of rotatable bonds is 5. The van der Waals surface area contributed by atoms with Crippen LogP contribution < -0.4 is 9.47 Å². The number of imidazole rings is 1. The second kappa shape index (κ2) is 7.02. The molecule has 0 saturated carbocycles. The van der Waals surface area contributed by atoms with Crippen LogP contribution in [0.1, 0.15) is 11.3 Å². The van der Waals surface area contributed by atoms with Gasteiger partial charge in [0.25, 0.3) is 0 Å². The topological polar surface area (TPSA) is 35.8 Å². The fourth-order valence-corrected chi connectivity index (χ4v) is 3.87. The van der Waals surface area contributed by atoms with Crippen molar-refractivity contribution in [2.24, 2.45) is 0 Å². The van der Waals surface area contributed by atoms with Gasteiger partial charge in [-0.3, -0.25) is 0 Å². The molecule has 132 valence electrons. The second-order valence-corrected chi connectivity index (χ2v) is 7.08. The van der Waals surface area contributed by atoms with Gasteiger partial charge >= 0.3 is 0 Å². The number of nitrogens with zero attached hydrogens (tertiary/aromatic N) is 2. The minimum atomic E-state index is 0.681. The summed E-state index contributed by atoms with van der Waals surface area (Å²) in [6.07, 6.45) is 2.69. The molecule has 4 aromatic rings. The van der Waals surface area contributed by atoms with Gasteiger partial charge in [-0.2, -0.15) is 11.3 Å². The van der Waals surface area contributed by atoms with Crippen molar-refractivity contribution in [3.63, 3.8) is 0 Å². The molecule has 0 aliphatic rings. The van der Waals surface area contributed by atoms with Crippen LogP contribution in [0.3, 0.4) is 0 Å². The summed E-state index contributed by atoms with van der Waals surface area (Å²) >= 11 is 7.92. The lowest BCUT2D eigenvalue weighted by Crippen LogP contribution is -1.96. The Kier molecular flexibility index (Phi) is 4.57. The molecule has 0 aliphatic carbocycles. The lowest BCUT2D eigenvalue weighted by molar-refractivity contribution is 0.355. The number of fused-ring (bicyclic) bond motifs is 1. The molecule has 4 rings (SSSR count). The van der Waals surface area contributed by atoms with Crippen LogP contribution in [0, 0.1) is 0 Å². The highest BCUT2D eigenvalue weighted by Gasteiger charge is 2.17. The van der Waals surface area contributed by atoms with Gasteiger partial charge in [-0.15, -0.1) is 0 Å². The number of aromatic nitrogens is 2. The molecule has 3 aromatic heterocycles. The van der Waals surface area contributed by atoms with Crippen molar-refractivity contribution in [3.8, 4) is 22.8 Å². The van der Waals surface area contributed by atoms with Crippen molar-refractivity contribution in [1.82, 2.24) is 9.38 Å². The van der Waals surface area contributed by atoms with Crippen molar-refractivity contribution in [3.05, 3.63) is 69.6 Å². The Hall–Kier alpha value is -2.50. The Balaban J connectivity index is 1.91. The quantitative estimate of drug-likeness (QED) is 0.467. The van der Waals surface area contributed by atoms with E-state index in [0.29, 0.717) is 16.5 Å². The fourth-order valence-electron chi connectivity index (χ4n) is 3.04. The monoisotopic (exact) mass is 384 g/mol. The van der Waals surface area contributed by atoms with E-state index < -0.39 is 0 Å². The number of thiophene rings is 1. The van der Waals surface area contributed by atoms with Crippen LogP contribution in [-0.2, 0) is 6.42 Å². The fraction of sp³-hybridized carbons (Fsp3) is 0.150. The highest BCUT2D eigenvalue weighted by molar-refractivity contribution is 7.07. The molecule has 0 saturated heterocycles. The van der Waals surface area contributed by atoms with Crippen molar-refractivity contribution in [2.75, 3.05) is 14.2 Å². The zero-order valence-electron chi connectivity index (χ0n) is 14.4. The average molecular weight is 385 g/mol. The number of hydrogen-bond donors (Lipinski definition) is 0. The zero-order valence-corrected chi connectivity index (χ0v) is 16.0. The van der Waals surface area contributed by atoms with Crippen molar-refractivity contribution >= 4 is 28.6 Å². The molecule has 26 heavy (non-hydrogen) atoms. The van der Waals surface area contributed by atoms with Gasteiger partial charge in [-0.25, -0.2) is 4.98 Å². The van der Waals surface area contributed by atoms with Crippen molar-refractivity contribution in [2.45, 2.75) is 6.42 Å². The summed E-state index contributed by atoms with van der Waals surface area (Å²) in [5.41, 5.74) is 5.10. The number of methoxy groups -OCH3 is 2. The summed E-state index contributed by atoms with van der Waals surface area (Å²) in [4.78, 5) is 4.85. The number of pyridine rings is 1. The van der Waals surface area contributed by atoms with Gasteiger partial charge in [0.2, 0.25) is 0 Å². The molecular weight excluding hydrogens is 368 g/mol. The van der Waals surface area contributed by atoms with Gasteiger partial charge in [-0.05, 0) is 52.7 Å². The largest absolute Gasteiger partial charge is 0.493 e. The molecule has 1 aromatic carbocycles. The SMILES string of the molecule is COc1ccc(-c2nc3ccc(Cl)cn3c2Cc2ccsc2)cc1OC. The summed E-state index contributed by atoms with van der Waals surface area (Å²) in [5, 5.41) is 4.92. The van der Waals surface area contributed by atoms with E-state index in [1.165, 1.54) is 5.56 Å². The first kappa shape index (κ1) is 16.9. The standard InChI is InChI=1S/C20H17ClN2O2S/c1-24-17-5-3-14(10-18(17)25-2)20-16(9-13-7-8-26-12-13)23-11-15(21)4-6-19(23)22-20/h3-8,10-12H,9H2,1-2H3. The van der Waals surface area contributed by atoms with Gasteiger partial charge < -0.3 is 13.9 Å². The van der Waals surface area contributed by atoms with Gasteiger partial charge in [0.15, 0.2) is 11.5 Å². The van der Waals surface area contributed by atoms with Crippen LogP contribution in [0.2, 0.25) is 5.02 Å². The first-order valence-electron chi connectivity index (χ1n) is 8.09. The molecule has 6 heteroatoms. The third-order valence-corrected chi connectivity index (χ3v) is 5.25. The Morgan fingerprint density at radius 1 is 1.08 bits per heavy atom. The highest BCUT2D eigenvalue weighted by Crippen LogP contribution is 2.34. The lowest BCUT2D eigenvalue weighted by atomic mass is 10.1. The Bertz CT molecular complexity index is 1060. The third kappa shape index (κ3) is 3.04. The Labute approximate surface area is 160 Å². The van der Waals surface area contributed by atoms with Crippen molar-refractivity contribution < 1.29 is 9.47 Å². The molecule has 0 bridgehead atoms. The smallest absolute Gasteiger partial charge is 0.161 e. The summed E-state index contributed by atoms with van der Waals surface area (Å²) in [5.74, 6) is 1.38. The molecule has 3 heterocycles. The van der Waals surface area contributed by atoms with Crippen LogP contribution in [0.15, 0.2) is 53.4 Å². The van der Waals surface area contributed by atoms with Crippen molar-refractivity contribution in [1.29, 1.82) is 0 Å². The minimum Gasteiger partial charge on any atom is -0.493 e. The van der Waals surface area contributed by atoms with E-state index in [1.807, 2.05) is 36.5 Å². The van der Waals surface area contributed by atoms with Crippen LogP contribution in [0.5, 0.6) is 11.5 Å². The molecule has 0 atom stereocenters. The number of hydrogen-bond acceptors (Lipinski definition) is 4. The maximum absolute atomic E-state index is 6.23. The number of benzene rings is 1. The molecule has 4 nitrogen and oxygen atoms in total. The van der Waals surface area contributed by atoms with Gasteiger partial charge in [0.1, 0.15) is 5.65 Å². The number of ether oxygens (including phenoxy) is 2. The molecule has 0 radical (unpaired) electrons. The van der Waals surface area contributed by atoms with Crippen LogP contribution in [-0.4, -0.2) is 23.6 Å². The van der Waals surface area contributed by atoms with Gasteiger partial charge in [0, 0.05) is 18.2 Å². The maximum atomic E-state index is 6.23. The maximum Gasteiger partial charge on any atom is 0.161 e. The van der Waals surface area contributed by atoms with E-state index in [4.69, 9.17) is 26.1 Å². The summed E-state index contributed by atoms with van der Waals surface area (Å²) < 4.78 is 12.9. The first-order chi connectivity index (χ1) is 12.7. The molecule has 0 spiro atoms. The summed E-state index contributed by atoms with van der Waals surface area (Å²) in [6, 6.07) is 11.8. The normalized spacial score (nSPS) is 11.0. The van der Waals surface area contributed by atoms with E-state index in [0.717, 1.165) is 29.0 Å². The van der Waals surface area contributed by atoms with E-state index in [2.05, 4.69) is 21.2 Å². The predicted octanol–water partition coefficient (Wildman–Crippen LogP) is 5.32. The van der Waals surface area contributed by atoms with Gasteiger partial charge in [0.05, 0.1) is 30.6 Å². The minimum absolute atomic E-state index is 0.681.